The Labute approximate surface area is 142 Å². The van der Waals surface area contributed by atoms with Crippen LogP contribution in [-0.2, 0) is 11.3 Å². The highest BCUT2D eigenvalue weighted by atomic mass is 19.1. The van der Waals surface area contributed by atoms with Crippen molar-refractivity contribution in [3.8, 4) is 0 Å². The largest absolute Gasteiger partial charge is 0.491 e. The van der Waals surface area contributed by atoms with Crippen LogP contribution in [0.3, 0.4) is 0 Å². The molecule has 1 aromatic carbocycles. The molecule has 0 spiro atoms. The number of hydrogen-bond donors (Lipinski definition) is 2. The number of hydrogen-bond acceptors (Lipinski definition) is 5. The summed E-state index contributed by atoms with van der Waals surface area (Å²) in [4.78, 5) is 15.8. The van der Waals surface area contributed by atoms with Gasteiger partial charge in [0.2, 0.25) is 0 Å². The van der Waals surface area contributed by atoms with E-state index in [2.05, 4.69) is 4.90 Å². The van der Waals surface area contributed by atoms with Crippen molar-refractivity contribution in [2.75, 3.05) is 26.2 Å². The SMILES string of the molecule is CC(C)(C)OC(=O)N1CCN(Cc2ccc(F)c(B(O)O)c2)CC1. The third-order valence-electron chi connectivity index (χ3n) is 3.77. The molecule has 1 fully saturated rings. The molecule has 0 unspecified atom stereocenters. The molecule has 0 atom stereocenters. The van der Waals surface area contributed by atoms with Crippen molar-refractivity contribution in [2.24, 2.45) is 0 Å². The molecule has 2 rings (SSSR count). The highest BCUT2D eigenvalue weighted by molar-refractivity contribution is 6.58. The van der Waals surface area contributed by atoms with Gasteiger partial charge in [-0.2, -0.15) is 0 Å². The van der Waals surface area contributed by atoms with Gasteiger partial charge in [-0.25, -0.2) is 9.18 Å². The summed E-state index contributed by atoms with van der Waals surface area (Å²) < 4.78 is 18.8. The third-order valence-corrected chi connectivity index (χ3v) is 3.77. The fourth-order valence-electron chi connectivity index (χ4n) is 2.56. The van der Waals surface area contributed by atoms with Crippen LogP contribution >= 0.6 is 0 Å². The van der Waals surface area contributed by atoms with E-state index in [-0.39, 0.29) is 11.6 Å². The lowest BCUT2D eigenvalue weighted by molar-refractivity contribution is 0.0139. The number of nitrogens with zero attached hydrogens (tertiary/aromatic N) is 2. The first-order chi connectivity index (χ1) is 11.2. The second-order valence-electron chi connectivity index (χ2n) is 6.97. The van der Waals surface area contributed by atoms with Crippen LogP contribution in [0, 0.1) is 5.82 Å². The molecule has 0 aliphatic carbocycles. The summed E-state index contributed by atoms with van der Waals surface area (Å²) in [5, 5.41) is 18.3. The van der Waals surface area contributed by atoms with E-state index in [4.69, 9.17) is 14.8 Å². The van der Waals surface area contributed by atoms with Gasteiger partial charge in [0.1, 0.15) is 11.4 Å². The lowest BCUT2D eigenvalue weighted by atomic mass is 9.79. The van der Waals surface area contributed by atoms with Gasteiger partial charge in [-0.1, -0.05) is 12.1 Å². The van der Waals surface area contributed by atoms with Crippen molar-refractivity contribution in [1.29, 1.82) is 0 Å². The first-order valence-electron chi connectivity index (χ1n) is 8.00. The number of ether oxygens (including phenoxy) is 1. The smallest absolute Gasteiger partial charge is 0.444 e. The number of rotatable bonds is 3. The van der Waals surface area contributed by atoms with Gasteiger partial charge in [-0.3, -0.25) is 4.90 Å². The zero-order valence-electron chi connectivity index (χ0n) is 14.3. The summed E-state index contributed by atoms with van der Waals surface area (Å²) in [6, 6.07) is 4.32. The maximum atomic E-state index is 13.5. The van der Waals surface area contributed by atoms with Crippen LogP contribution in [0.15, 0.2) is 18.2 Å². The fraction of sp³-hybridized carbons (Fsp3) is 0.562. The molecule has 1 amide bonds. The lowest BCUT2D eigenvalue weighted by Gasteiger charge is -2.35. The van der Waals surface area contributed by atoms with Crippen LogP contribution in [0.4, 0.5) is 9.18 Å². The molecule has 1 aliphatic rings. The minimum Gasteiger partial charge on any atom is -0.444 e. The topological polar surface area (TPSA) is 73.2 Å². The Morgan fingerprint density at radius 3 is 2.42 bits per heavy atom. The van der Waals surface area contributed by atoms with E-state index in [0.29, 0.717) is 32.7 Å². The van der Waals surface area contributed by atoms with Crippen LogP contribution in [0.2, 0.25) is 0 Å². The summed E-state index contributed by atoms with van der Waals surface area (Å²) in [6.45, 7) is 8.54. The molecular weight excluding hydrogens is 314 g/mol. The molecule has 8 heteroatoms. The molecule has 6 nitrogen and oxygen atoms in total. The maximum absolute atomic E-state index is 13.5. The van der Waals surface area contributed by atoms with Gasteiger partial charge in [0.05, 0.1) is 0 Å². The predicted octanol–water partition coefficient (Wildman–Crippen LogP) is 0.558. The van der Waals surface area contributed by atoms with Crippen LogP contribution in [-0.4, -0.2) is 64.8 Å². The summed E-state index contributed by atoms with van der Waals surface area (Å²) >= 11 is 0. The standard InChI is InChI=1S/C16H24BFN2O4/c1-16(2,3)24-15(21)20-8-6-19(7-9-20)11-12-4-5-14(18)13(10-12)17(22)23/h4-5,10,22-23H,6-9,11H2,1-3H3. The van der Waals surface area contributed by atoms with Gasteiger partial charge < -0.3 is 19.7 Å². The van der Waals surface area contributed by atoms with E-state index in [1.165, 1.54) is 12.1 Å². The van der Waals surface area contributed by atoms with Crippen molar-refractivity contribution < 1.29 is 24.0 Å². The number of benzene rings is 1. The molecule has 1 aliphatic heterocycles. The second-order valence-corrected chi connectivity index (χ2v) is 6.97. The first kappa shape index (κ1) is 18.7. The number of halogens is 1. The average molecular weight is 338 g/mol. The predicted molar refractivity (Wildman–Crippen MR) is 89.3 cm³/mol. The average Bonchev–Trinajstić information content (AvgIpc) is 2.48. The summed E-state index contributed by atoms with van der Waals surface area (Å²) in [6.07, 6.45) is -0.311. The van der Waals surface area contributed by atoms with E-state index in [1.807, 2.05) is 20.8 Å². The molecule has 1 saturated heterocycles. The minimum atomic E-state index is -1.83. The maximum Gasteiger partial charge on any atom is 0.491 e. The highest BCUT2D eigenvalue weighted by Gasteiger charge is 2.26. The van der Waals surface area contributed by atoms with E-state index in [9.17, 15) is 9.18 Å². The van der Waals surface area contributed by atoms with Gasteiger partial charge in [-0.05, 0) is 32.4 Å². The molecule has 0 aromatic heterocycles. The Balaban J connectivity index is 1.89. The summed E-state index contributed by atoms with van der Waals surface area (Å²) in [5.74, 6) is -0.636. The molecular formula is C16H24BFN2O4. The van der Waals surface area contributed by atoms with E-state index >= 15 is 0 Å². The van der Waals surface area contributed by atoms with Crippen molar-refractivity contribution in [1.82, 2.24) is 9.80 Å². The van der Waals surface area contributed by atoms with Gasteiger partial charge in [0.25, 0.3) is 0 Å². The monoisotopic (exact) mass is 338 g/mol. The van der Waals surface area contributed by atoms with Crippen molar-refractivity contribution in [3.05, 3.63) is 29.6 Å². The van der Waals surface area contributed by atoms with Crippen molar-refractivity contribution >= 4 is 18.7 Å². The molecule has 1 aromatic rings. The quantitative estimate of drug-likeness (QED) is 0.788. The zero-order valence-corrected chi connectivity index (χ0v) is 14.3. The van der Waals surface area contributed by atoms with Crippen LogP contribution in [0.1, 0.15) is 26.3 Å². The third kappa shape index (κ3) is 5.19. The Morgan fingerprint density at radius 1 is 1.25 bits per heavy atom. The van der Waals surface area contributed by atoms with Crippen LogP contribution in [0.5, 0.6) is 0 Å². The van der Waals surface area contributed by atoms with Crippen LogP contribution in [0.25, 0.3) is 0 Å². The summed E-state index contributed by atoms with van der Waals surface area (Å²) in [5.41, 5.74) is 0.161. The van der Waals surface area contributed by atoms with Gasteiger partial charge in [0.15, 0.2) is 0 Å². The molecule has 132 valence electrons. The Morgan fingerprint density at radius 2 is 1.88 bits per heavy atom. The van der Waals surface area contributed by atoms with E-state index in [1.54, 1.807) is 11.0 Å². The molecule has 24 heavy (non-hydrogen) atoms. The first-order valence-corrected chi connectivity index (χ1v) is 8.00. The summed E-state index contributed by atoms with van der Waals surface area (Å²) in [7, 11) is -1.83. The van der Waals surface area contributed by atoms with E-state index < -0.39 is 18.5 Å². The number of piperazine rings is 1. The molecule has 0 radical (unpaired) electrons. The number of carbonyl (C=O) groups excluding carboxylic acids is 1. The van der Waals surface area contributed by atoms with Gasteiger partial charge in [-0.15, -0.1) is 0 Å². The Kier molecular flexibility index (Phi) is 5.85. The number of carbonyl (C=O) groups is 1. The second kappa shape index (κ2) is 7.50. The highest BCUT2D eigenvalue weighted by Crippen LogP contribution is 2.13. The minimum absolute atomic E-state index is 0.125. The van der Waals surface area contributed by atoms with Crippen molar-refractivity contribution in [3.63, 3.8) is 0 Å². The Hall–Kier alpha value is -1.64. The normalized spacial score (nSPS) is 16.2. The zero-order chi connectivity index (χ0) is 17.9. The Bertz CT molecular complexity index is 584. The molecule has 0 saturated carbocycles. The molecule has 1 heterocycles. The van der Waals surface area contributed by atoms with Crippen molar-refractivity contribution in [2.45, 2.75) is 32.9 Å². The van der Waals surface area contributed by atoms with Gasteiger partial charge >= 0.3 is 13.2 Å². The van der Waals surface area contributed by atoms with Crippen LogP contribution < -0.4 is 5.46 Å². The lowest BCUT2D eigenvalue weighted by Crippen LogP contribution is -2.49. The number of amides is 1. The molecule has 2 N–H and O–H groups in total. The van der Waals surface area contributed by atoms with Gasteiger partial charge in [0, 0.05) is 38.2 Å². The van der Waals surface area contributed by atoms with E-state index in [0.717, 1.165) is 5.56 Å². The molecule has 0 bridgehead atoms. The fourth-order valence-corrected chi connectivity index (χ4v) is 2.56.